The SMILES string of the molecule is CCC(Oc1ccccc1F)C(=O)N(C)Cc1nc(-c2cccc(Br)c2)no1. The lowest BCUT2D eigenvalue weighted by Crippen LogP contribution is -2.39. The van der Waals surface area contributed by atoms with Crippen LogP contribution < -0.4 is 4.74 Å². The van der Waals surface area contributed by atoms with Gasteiger partial charge >= 0.3 is 0 Å². The molecule has 0 saturated carbocycles. The summed E-state index contributed by atoms with van der Waals surface area (Å²) in [5, 5.41) is 3.96. The minimum absolute atomic E-state index is 0.0471. The van der Waals surface area contributed by atoms with E-state index in [9.17, 15) is 9.18 Å². The average molecular weight is 448 g/mol. The lowest BCUT2D eigenvalue weighted by molar-refractivity contribution is -0.138. The van der Waals surface area contributed by atoms with Crippen molar-refractivity contribution >= 4 is 21.8 Å². The first-order valence-electron chi connectivity index (χ1n) is 8.72. The fourth-order valence-electron chi connectivity index (χ4n) is 2.59. The molecule has 1 amide bonds. The van der Waals surface area contributed by atoms with Gasteiger partial charge in [0.15, 0.2) is 17.7 Å². The lowest BCUT2D eigenvalue weighted by atomic mass is 10.2. The number of para-hydroxylation sites is 1. The van der Waals surface area contributed by atoms with Gasteiger partial charge in [0.25, 0.3) is 5.91 Å². The molecule has 0 aliphatic heterocycles. The van der Waals surface area contributed by atoms with E-state index in [1.165, 1.54) is 17.0 Å². The Bertz CT molecular complexity index is 963. The van der Waals surface area contributed by atoms with E-state index in [4.69, 9.17) is 9.26 Å². The van der Waals surface area contributed by atoms with Crippen molar-refractivity contribution in [2.75, 3.05) is 7.05 Å². The highest BCUT2D eigenvalue weighted by atomic mass is 79.9. The van der Waals surface area contributed by atoms with E-state index in [-0.39, 0.29) is 18.2 Å². The van der Waals surface area contributed by atoms with Crippen LogP contribution in [0.4, 0.5) is 4.39 Å². The van der Waals surface area contributed by atoms with Gasteiger partial charge in [-0.25, -0.2) is 4.39 Å². The maximum absolute atomic E-state index is 13.8. The van der Waals surface area contributed by atoms with Crippen molar-refractivity contribution in [1.29, 1.82) is 0 Å². The molecule has 0 bridgehead atoms. The third-order valence-corrected chi connectivity index (χ3v) is 4.54. The van der Waals surface area contributed by atoms with Crippen LogP contribution in [0.1, 0.15) is 19.2 Å². The Morgan fingerprint density at radius 1 is 1.29 bits per heavy atom. The smallest absolute Gasteiger partial charge is 0.263 e. The van der Waals surface area contributed by atoms with Crippen molar-refractivity contribution in [3.63, 3.8) is 0 Å². The molecule has 0 aliphatic carbocycles. The Balaban J connectivity index is 1.67. The molecule has 0 fully saturated rings. The normalized spacial score (nSPS) is 11.9. The summed E-state index contributed by atoms with van der Waals surface area (Å²) in [6, 6.07) is 13.5. The molecule has 146 valence electrons. The Hall–Kier alpha value is -2.74. The number of amides is 1. The molecule has 3 rings (SSSR count). The van der Waals surface area contributed by atoms with Gasteiger partial charge < -0.3 is 14.2 Å². The molecule has 3 aromatic rings. The van der Waals surface area contributed by atoms with Gasteiger partial charge in [-0.3, -0.25) is 4.79 Å². The maximum Gasteiger partial charge on any atom is 0.263 e. The second-order valence-electron chi connectivity index (χ2n) is 6.16. The Kier molecular flexibility index (Phi) is 6.41. The number of aromatic nitrogens is 2. The van der Waals surface area contributed by atoms with Crippen LogP contribution >= 0.6 is 15.9 Å². The molecule has 0 spiro atoms. The van der Waals surface area contributed by atoms with E-state index < -0.39 is 11.9 Å². The quantitative estimate of drug-likeness (QED) is 0.534. The van der Waals surface area contributed by atoms with Crippen LogP contribution in [0.25, 0.3) is 11.4 Å². The highest BCUT2D eigenvalue weighted by Crippen LogP contribution is 2.21. The Morgan fingerprint density at radius 3 is 2.79 bits per heavy atom. The fourth-order valence-corrected chi connectivity index (χ4v) is 2.99. The predicted octanol–water partition coefficient (Wildman–Crippen LogP) is 4.45. The molecule has 2 aromatic carbocycles. The summed E-state index contributed by atoms with van der Waals surface area (Å²) in [4.78, 5) is 18.5. The highest BCUT2D eigenvalue weighted by Gasteiger charge is 2.25. The monoisotopic (exact) mass is 447 g/mol. The number of halogens is 2. The Morgan fingerprint density at radius 2 is 2.07 bits per heavy atom. The third-order valence-electron chi connectivity index (χ3n) is 4.05. The summed E-state index contributed by atoms with van der Waals surface area (Å²) in [5.74, 6) is -0.0240. The fraction of sp³-hybridized carbons (Fsp3) is 0.250. The Labute approximate surface area is 170 Å². The topological polar surface area (TPSA) is 68.5 Å². The van der Waals surface area contributed by atoms with Gasteiger partial charge in [0, 0.05) is 17.1 Å². The molecule has 1 heterocycles. The van der Waals surface area contributed by atoms with Crippen LogP contribution in [-0.2, 0) is 11.3 Å². The first-order valence-corrected chi connectivity index (χ1v) is 9.52. The van der Waals surface area contributed by atoms with E-state index in [0.29, 0.717) is 18.1 Å². The summed E-state index contributed by atoms with van der Waals surface area (Å²) in [7, 11) is 1.61. The number of ether oxygens (including phenoxy) is 1. The molecular formula is C20H19BrFN3O3. The van der Waals surface area contributed by atoms with Gasteiger partial charge in [0.2, 0.25) is 11.7 Å². The van der Waals surface area contributed by atoms with E-state index in [0.717, 1.165) is 10.0 Å². The second-order valence-corrected chi connectivity index (χ2v) is 7.08. The van der Waals surface area contributed by atoms with E-state index in [1.807, 2.05) is 24.3 Å². The van der Waals surface area contributed by atoms with Crippen molar-refractivity contribution in [3.05, 3.63) is 64.7 Å². The van der Waals surface area contributed by atoms with Crippen LogP contribution in [0.15, 0.2) is 57.5 Å². The average Bonchev–Trinajstić information content (AvgIpc) is 3.15. The zero-order chi connectivity index (χ0) is 20.1. The number of hydrogen-bond donors (Lipinski definition) is 0. The maximum atomic E-state index is 13.8. The van der Waals surface area contributed by atoms with Crippen LogP contribution in [0, 0.1) is 5.82 Å². The summed E-state index contributed by atoms with van der Waals surface area (Å²) >= 11 is 3.40. The molecule has 1 atom stereocenters. The molecule has 1 unspecified atom stereocenters. The third kappa shape index (κ3) is 4.75. The first kappa shape index (κ1) is 20.0. The number of benzene rings is 2. The predicted molar refractivity (Wildman–Crippen MR) is 105 cm³/mol. The highest BCUT2D eigenvalue weighted by molar-refractivity contribution is 9.10. The van der Waals surface area contributed by atoms with E-state index >= 15 is 0 Å². The zero-order valence-electron chi connectivity index (χ0n) is 15.4. The molecule has 0 N–H and O–H groups in total. The van der Waals surface area contributed by atoms with Crippen molar-refractivity contribution in [1.82, 2.24) is 15.0 Å². The summed E-state index contributed by atoms with van der Waals surface area (Å²) in [6.45, 7) is 1.92. The van der Waals surface area contributed by atoms with Crippen molar-refractivity contribution < 1.29 is 18.4 Å². The molecule has 28 heavy (non-hydrogen) atoms. The number of likely N-dealkylation sites (N-methyl/N-ethyl adjacent to an activating group) is 1. The molecule has 8 heteroatoms. The van der Waals surface area contributed by atoms with Crippen molar-refractivity contribution in [2.24, 2.45) is 0 Å². The zero-order valence-corrected chi connectivity index (χ0v) is 17.0. The largest absolute Gasteiger partial charge is 0.478 e. The van der Waals surface area contributed by atoms with E-state index in [1.54, 1.807) is 26.1 Å². The molecule has 0 aliphatic rings. The lowest BCUT2D eigenvalue weighted by Gasteiger charge is -2.22. The number of carbonyl (C=O) groups is 1. The number of nitrogens with zero attached hydrogens (tertiary/aromatic N) is 3. The number of hydrogen-bond acceptors (Lipinski definition) is 5. The van der Waals surface area contributed by atoms with Crippen LogP contribution in [0.3, 0.4) is 0 Å². The molecule has 0 radical (unpaired) electrons. The number of rotatable bonds is 7. The minimum Gasteiger partial charge on any atom is -0.478 e. The summed E-state index contributed by atoms with van der Waals surface area (Å²) in [6.07, 6.45) is -0.417. The first-order chi connectivity index (χ1) is 13.5. The summed E-state index contributed by atoms with van der Waals surface area (Å²) in [5.41, 5.74) is 0.799. The van der Waals surface area contributed by atoms with Crippen LogP contribution in [-0.4, -0.2) is 34.1 Å². The molecule has 6 nitrogen and oxygen atoms in total. The number of carbonyl (C=O) groups excluding carboxylic acids is 1. The van der Waals surface area contributed by atoms with Gasteiger partial charge in [-0.2, -0.15) is 4.98 Å². The van der Waals surface area contributed by atoms with Gasteiger partial charge in [-0.15, -0.1) is 0 Å². The van der Waals surface area contributed by atoms with Gasteiger partial charge in [0.1, 0.15) is 0 Å². The minimum atomic E-state index is -0.811. The van der Waals surface area contributed by atoms with Crippen molar-refractivity contribution in [2.45, 2.75) is 26.0 Å². The van der Waals surface area contributed by atoms with Crippen LogP contribution in [0.2, 0.25) is 0 Å². The van der Waals surface area contributed by atoms with Crippen molar-refractivity contribution in [3.8, 4) is 17.1 Å². The van der Waals surface area contributed by atoms with E-state index in [2.05, 4.69) is 26.1 Å². The molecule has 0 saturated heterocycles. The molecular weight excluding hydrogens is 429 g/mol. The van der Waals surface area contributed by atoms with Crippen LogP contribution in [0.5, 0.6) is 5.75 Å². The standard InChI is InChI=1S/C20H19BrFN3O3/c1-3-16(27-17-10-5-4-9-15(17)22)20(26)25(2)12-18-23-19(24-28-18)13-7-6-8-14(21)11-13/h4-11,16H,3,12H2,1-2H3. The second kappa shape index (κ2) is 8.97. The molecule has 1 aromatic heterocycles. The van der Waals surface area contributed by atoms with Gasteiger partial charge in [-0.05, 0) is 30.7 Å². The van der Waals surface area contributed by atoms with Gasteiger partial charge in [0.05, 0.1) is 6.54 Å². The van der Waals surface area contributed by atoms with Gasteiger partial charge in [-0.1, -0.05) is 52.3 Å². The summed E-state index contributed by atoms with van der Waals surface area (Å²) < 4.78 is 25.5.